The lowest BCUT2D eigenvalue weighted by atomic mass is 9.79. The fourth-order valence-corrected chi connectivity index (χ4v) is 3.43. The number of carboxylic acids is 1. The van der Waals surface area contributed by atoms with Crippen molar-refractivity contribution in [2.45, 2.75) is 44.1 Å². The van der Waals surface area contributed by atoms with Gasteiger partial charge in [-0.3, -0.25) is 9.59 Å². The van der Waals surface area contributed by atoms with Crippen molar-refractivity contribution >= 4 is 33.5 Å². The second-order valence-electron chi connectivity index (χ2n) is 5.64. The molecule has 0 spiro atoms. The first-order chi connectivity index (χ1) is 9.90. The van der Waals surface area contributed by atoms with Gasteiger partial charge in [0.15, 0.2) is 0 Å². The third-order valence-electron chi connectivity index (χ3n) is 3.86. The van der Waals surface area contributed by atoms with Crippen LogP contribution in [0.25, 0.3) is 0 Å². The van der Waals surface area contributed by atoms with Gasteiger partial charge in [0.1, 0.15) is 0 Å². The first-order valence-corrected chi connectivity index (χ1v) is 7.80. The standard InChI is InChI=1S/C15H19BrN2O3/c16-11-6-10(7-12(17)8-11)14(21)18-15(9-13(19)20)4-2-1-3-5-15/h6-8H,1-5,9,17H2,(H,18,21)(H,19,20). The Hall–Kier alpha value is -1.56. The van der Waals surface area contributed by atoms with Crippen LogP contribution in [-0.4, -0.2) is 22.5 Å². The van der Waals surface area contributed by atoms with Gasteiger partial charge in [-0.25, -0.2) is 0 Å². The predicted molar refractivity (Wildman–Crippen MR) is 84.1 cm³/mol. The Kier molecular flexibility index (Phi) is 4.88. The van der Waals surface area contributed by atoms with E-state index in [4.69, 9.17) is 10.8 Å². The molecule has 1 amide bonds. The highest BCUT2D eigenvalue weighted by Crippen LogP contribution is 2.31. The molecule has 1 fully saturated rings. The van der Waals surface area contributed by atoms with Crippen LogP contribution in [0.1, 0.15) is 48.9 Å². The Morgan fingerprint density at radius 1 is 1.24 bits per heavy atom. The van der Waals surface area contributed by atoms with Crippen LogP contribution in [-0.2, 0) is 4.79 Å². The Bertz CT molecular complexity index is 534. The molecule has 0 radical (unpaired) electrons. The molecule has 0 heterocycles. The van der Waals surface area contributed by atoms with Gasteiger partial charge in [-0.1, -0.05) is 35.2 Å². The minimum atomic E-state index is -0.883. The van der Waals surface area contributed by atoms with Gasteiger partial charge in [-0.05, 0) is 31.0 Å². The zero-order valence-electron chi connectivity index (χ0n) is 11.7. The highest BCUT2D eigenvalue weighted by atomic mass is 79.9. The quantitative estimate of drug-likeness (QED) is 0.724. The van der Waals surface area contributed by atoms with Gasteiger partial charge in [0, 0.05) is 15.7 Å². The van der Waals surface area contributed by atoms with Crippen LogP contribution in [0.5, 0.6) is 0 Å². The summed E-state index contributed by atoms with van der Waals surface area (Å²) in [6, 6.07) is 4.99. The minimum absolute atomic E-state index is 0.0395. The number of carbonyl (C=O) groups excluding carboxylic acids is 1. The molecule has 0 bridgehead atoms. The number of halogens is 1. The SMILES string of the molecule is Nc1cc(Br)cc(C(=O)NC2(CC(=O)O)CCCCC2)c1. The number of hydrogen-bond donors (Lipinski definition) is 3. The van der Waals surface area contributed by atoms with Crippen molar-refractivity contribution in [1.82, 2.24) is 5.32 Å². The van der Waals surface area contributed by atoms with E-state index in [0.717, 1.165) is 23.7 Å². The highest BCUT2D eigenvalue weighted by molar-refractivity contribution is 9.10. The lowest BCUT2D eigenvalue weighted by Crippen LogP contribution is -2.51. The summed E-state index contributed by atoms with van der Waals surface area (Å²) in [7, 11) is 0. The topological polar surface area (TPSA) is 92.4 Å². The number of rotatable bonds is 4. The number of benzene rings is 1. The van der Waals surface area contributed by atoms with E-state index in [1.807, 2.05) is 0 Å². The molecular formula is C15H19BrN2O3. The summed E-state index contributed by atoms with van der Waals surface area (Å²) in [4.78, 5) is 23.5. The highest BCUT2D eigenvalue weighted by Gasteiger charge is 2.36. The van der Waals surface area contributed by atoms with Crippen molar-refractivity contribution in [3.05, 3.63) is 28.2 Å². The number of hydrogen-bond acceptors (Lipinski definition) is 3. The number of nitrogens with one attached hydrogen (secondary N) is 1. The Morgan fingerprint density at radius 2 is 1.90 bits per heavy atom. The molecule has 1 aliphatic rings. The van der Waals surface area contributed by atoms with Gasteiger partial charge in [-0.2, -0.15) is 0 Å². The summed E-state index contributed by atoms with van der Waals surface area (Å²) in [6.45, 7) is 0. The second kappa shape index (κ2) is 6.47. The lowest BCUT2D eigenvalue weighted by Gasteiger charge is -2.37. The van der Waals surface area contributed by atoms with Gasteiger partial charge in [0.2, 0.25) is 0 Å². The van der Waals surface area contributed by atoms with Gasteiger partial charge >= 0.3 is 5.97 Å². The molecule has 0 aromatic heterocycles. The molecule has 1 aromatic carbocycles. The molecule has 114 valence electrons. The summed E-state index contributed by atoms with van der Waals surface area (Å²) in [5.74, 6) is -1.16. The van der Waals surface area contributed by atoms with Crippen LogP contribution < -0.4 is 11.1 Å². The van der Waals surface area contributed by atoms with E-state index >= 15 is 0 Å². The smallest absolute Gasteiger partial charge is 0.305 e. The van der Waals surface area contributed by atoms with Crippen LogP contribution in [0.15, 0.2) is 22.7 Å². The van der Waals surface area contributed by atoms with Crippen molar-refractivity contribution < 1.29 is 14.7 Å². The van der Waals surface area contributed by atoms with E-state index in [1.165, 1.54) is 0 Å². The zero-order chi connectivity index (χ0) is 15.5. The molecule has 4 N–H and O–H groups in total. The molecule has 0 aliphatic heterocycles. The average Bonchev–Trinajstić information content (AvgIpc) is 2.37. The lowest BCUT2D eigenvalue weighted by molar-refractivity contribution is -0.139. The maximum atomic E-state index is 12.4. The number of amides is 1. The van der Waals surface area contributed by atoms with E-state index in [9.17, 15) is 9.59 Å². The Balaban J connectivity index is 2.19. The maximum Gasteiger partial charge on any atom is 0.305 e. The monoisotopic (exact) mass is 354 g/mol. The van der Waals surface area contributed by atoms with E-state index in [1.54, 1.807) is 18.2 Å². The molecule has 1 aliphatic carbocycles. The van der Waals surface area contributed by atoms with Crippen LogP contribution in [0.3, 0.4) is 0 Å². The molecule has 5 nitrogen and oxygen atoms in total. The molecule has 0 saturated heterocycles. The fraction of sp³-hybridized carbons (Fsp3) is 0.467. The zero-order valence-corrected chi connectivity index (χ0v) is 13.3. The van der Waals surface area contributed by atoms with E-state index in [0.29, 0.717) is 24.1 Å². The van der Waals surface area contributed by atoms with E-state index < -0.39 is 11.5 Å². The number of aliphatic carboxylic acids is 1. The van der Waals surface area contributed by atoms with Gasteiger partial charge in [0.05, 0.1) is 12.0 Å². The minimum Gasteiger partial charge on any atom is -0.481 e. The van der Waals surface area contributed by atoms with Crippen molar-refractivity contribution in [3.8, 4) is 0 Å². The van der Waals surface area contributed by atoms with Gasteiger partial charge in [-0.15, -0.1) is 0 Å². The molecule has 0 unspecified atom stereocenters. The Morgan fingerprint density at radius 3 is 2.48 bits per heavy atom. The van der Waals surface area contributed by atoms with Crippen molar-refractivity contribution in [2.24, 2.45) is 0 Å². The van der Waals surface area contributed by atoms with Crippen molar-refractivity contribution in [2.75, 3.05) is 5.73 Å². The third kappa shape index (κ3) is 4.20. The number of nitrogens with two attached hydrogens (primary N) is 1. The summed E-state index contributed by atoms with van der Waals surface area (Å²) < 4.78 is 0.726. The molecule has 2 rings (SSSR count). The van der Waals surface area contributed by atoms with Crippen LogP contribution >= 0.6 is 15.9 Å². The van der Waals surface area contributed by atoms with Crippen LogP contribution in [0, 0.1) is 0 Å². The molecule has 1 saturated carbocycles. The molecule has 1 aromatic rings. The van der Waals surface area contributed by atoms with E-state index in [2.05, 4.69) is 21.2 Å². The van der Waals surface area contributed by atoms with Crippen LogP contribution in [0.2, 0.25) is 0 Å². The normalized spacial score (nSPS) is 17.2. The number of carboxylic acid groups (broad SMARTS) is 1. The summed E-state index contributed by atoms with van der Waals surface area (Å²) >= 11 is 3.31. The average molecular weight is 355 g/mol. The van der Waals surface area contributed by atoms with Crippen LogP contribution in [0.4, 0.5) is 5.69 Å². The van der Waals surface area contributed by atoms with Crippen molar-refractivity contribution in [1.29, 1.82) is 0 Å². The van der Waals surface area contributed by atoms with Gasteiger partial charge in [0.25, 0.3) is 5.91 Å². The first-order valence-electron chi connectivity index (χ1n) is 7.01. The summed E-state index contributed by atoms with van der Waals surface area (Å²) in [6.07, 6.45) is 4.33. The number of carbonyl (C=O) groups is 2. The Labute approximate surface area is 132 Å². The summed E-state index contributed by atoms with van der Waals surface area (Å²) in [5.41, 5.74) is 6.03. The first kappa shape index (κ1) is 15.8. The number of anilines is 1. The summed E-state index contributed by atoms with van der Waals surface area (Å²) in [5, 5.41) is 12.1. The van der Waals surface area contributed by atoms with Crippen molar-refractivity contribution in [3.63, 3.8) is 0 Å². The van der Waals surface area contributed by atoms with Gasteiger partial charge < -0.3 is 16.2 Å². The second-order valence-corrected chi connectivity index (χ2v) is 6.55. The third-order valence-corrected chi connectivity index (χ3v) is 4.32. The molecule has 6 heteroatoms. The predicted octanol–water partition coefficient (Wildman–Crippen LogP) is 2.94. The molecule has 21 heavy (non-hydrogen) atoms. The molecular weight excluding hydrogens is 336 g/mol. The molecule has 0 atom stereocenters. The fourth-order valence-electron chi connectivity index (χ4n) is 2.92. The van der Waals surface area contributed by atoms with E-state index in [-0.39, 0.29) is 12.3 Å². The maximum absolute atomic E-state index is 12.4. The number of nitrogen functional groups attached to an aromatic ring is 1. The largest absolute Gasteiger partial charge is 0.481 e.